The predicted octanol–water partition coefficient (Wildman–Crippen LogP) is 2.24. The van der Waals surface area contributed by atoms with Gasteiger partial charge in [0, 0.05) is 25.9 Å². The minimum Gasteiger partial charge on any atom is -0.497 e. The van der Waals surface area contributed by atoms with Crippen LogP contribution in [0.1, 0.15) is 49.7 Å². The molecule has 0 bridgehead atoms. The van der Waals surface area contributed by atoms with Crippen molar-refractivity contribution in [1.29, 1.82) is 0 Å². The number of carbonyl (C=O) groups is 2. The van der Waals surface area contributed by atoms with Crippen LogP contribution in [0.3, 0.4) is 0 Å². The van der Waals surface area contributed by atoms with Crippen LogP contribution >= 0.6 is 0 Å². The molecule has 0 unspecified atom stereocenters. The SMILES string of the molecule is COc1ccc2c(c1)CCC[C@@H]2CNC(=O)[C@H]1CCCN1C(C)=O. The molecular weight excluding hydrogens is 304 g/mol. The first-order chi connectivity index (χ1) is 11.6. The summed E-state index contributed by atoms with van der Waals surface area (Å²) in [7, 11) is 1.69. The van der Waals surface area contributed by atoms with Gasteiger partial charge in [0.1, 0.15) is 11.8 Å². The maximum atomic E-state index is 12.5. The Kier molecular flexibility index (Phi) is 5.07. The Balaban J connectivity index is 1.63. The summed E-state index contributed by atoms with van der Waals surface area (Å²) >= 11 is 0. The molecule has 0 saturated carbocycles. The highest BCUT2D eigenvalue weighted by molar-refractivity contribution is 5.87. The van der Waals surface area contributed by atoms with Crippen LogP contribution in [0.25, 0.3) is 0 Å². The minimum absolute atomic E-state index is 0.0108. The van der Waals surface area contributed by atoms with Gasteiger partial charge >= 0.3 is 0 Å². The highest BCUT2D eigenvalue weighted by Crippen LogP contribution is 2.33. The van der Waals surface area contributed by atoms with E-state index < -0.39 is 0 Å². The molecule has 0 radical (unpaired) electrons. The van der Waals surface area contributed by atoms with Crippen LogP contribution in [0.15, 0.2) is 18.2 Å². The van der Waals surface area contributed by atoms with Gasteiger partial charge in [0.2, 0.25) is 11.8 Å². The number of methoxy groups -OCH3 is 1. The third kappa shape index (κ3) is 3.40. The van der Waals surface area contributed by atoms with Crippen molar-refractivity contribution in [1.82, 2.24) is 10.2 Å². The highest BCUT2D eigenvalue weighted by atomic mass is 16.5. The highest BCUT2D eigenvalue weighted by Gasteiger charge is 2.32. The van der Waals surface area contributed by atoms with Gasteiger partial charge in [-0.05, 0) is 55.4 Å². The fraction of sp³-hybridized carbons (Fsp3) is 0.579. The molecule has 130 valence electrons. The zero-order valence-electron chi connectivity index (χ0n) is 14.5. The fourth-order valence-corrected chi connectivity index (χ4v) is 3.99. The number of hydrogen-bond donors (Lipinski definition) is 1. The Labute approximate surface area is 143 Å². The van der Waals surface area contributed by atoms with E-state index in [0.717, 1.165) is 37.9 Å². The van der Waals surface area contributed by atoms with Gasteiger partial charge in [0.15, 0.2) is 0 Å². The van der Waals surface area contributed by atoms with Crippen molar-refractivity contribution in [3.8, 4) is 5.75 Å². The van der Waals surface area contributed by atoms with Crippen molar-refractivity contribution in [3.05, 3.63) is 29.3 Å². The van der Waals surface area contributed by atoms with Gasteiger partial charge in [-0.1, -0.05) is 6.07 Å². The number of aryl methyl sites for hydroxylation is 1. The molecule has 1 aromatic carbocycles. The number of amides is 2. The Morgan fingerprint density at radius 1 is 1.29 bits per heavy atom. The van der Waals surface area contributed by atoms with Crippen LogP contribution < -0.4 is 10.1 Å². The van der Waals surface area contributed by atoms with E-state index in [2.05, 4.69) is 17.4 Å². The largest absolute Gasteiger partial charge is 0.497 e. The van der Waals surface area contributed by atoms with Gasteiger partial charge in [-0.15, -0.1) is 0 Å². The molecule has 24 heavy (non-hydrogen) atoms. The Morgan fingerprint density at radius 3 is 2.88 bits per heavy atom. The number of fused-ring (bicyclic) bond motifs is 1. The van der Waals surface area contributed by atoms with E-state index in [-0.39, 0.29) is 17.9 Å². The maximum absolute atomic E-state index is 12.5. The lowest BCUT2D eigenvalue weighted by Crippen LogP contribution is -2.46. The summed E-state index contributed by atoms with van der Waals surface area (Å²) in [6.07, 6.45) is 4.95. The van der Waals surface area contributed by atoms with E-state index in [4.69, 9.17) is 4.74 Å². The van der Waals surface area contributed by atoms with Gasteiger partial charge in [-0.2, -0.15) is 0 Å². The number of benzene rings is 1. The number of likely N-dealkylation sites (tertiary alicyclic amines) is 1. The van der Waals surface area contributed by atoms with Crippen LogP contribution in [0.4, 0.5) is 0 Å². The van der Waals surface area contributed by atoms with E-state index in [0.29, 0.717) is 19.0 Å². The quantitative estimate of drug-likeness (QED) is 0.921. The average molecular weight is 330 g/mol. The lowest BCUT2D eigenvalue weighted by atomic mass is 9.82. The number of nitrogens with one attached hydrogen (secondary N) is 1. The summed E-state index contributed by atoms with van der Waals surface area (Å²) in [5, 5.41) is 3.08. The number of hydrogen-bond acceptors (Lipinski definition) is 3. The molecule has 5 nitrogen and oxygen atoms in total. The van der Waals surface area contributed by atoms with Crippen molar-refractivity contribution >= 4 is 11.8 Å². The summed E-state index contributed by atoms with van der Waals surface area (Å²) in [6, 6.07) is 5.94. The molecule has 1 aliphatic carbocycles. The Hall–Kier alpha value is -2.04. The normalized spacial score (nSPS) is 22.8. The maximum Gasteiger partial charge on any atom is 0.242 e. The molecule has 3 rings (SSSR count). The van der Waals surface area contributed by atoms with Crippen molar-refractivity contribution in [2.24, 2.45) is 0 Å². The van der Waals surface area contributed by atoms with Crippen LogP contribution in [-0.4, -0.2) is 43.0 Å². The third-order valence-electron chi connectivity index (χ3n) is 5.27. The first-order valence-electron chi connectivity index (χ1n) is 8.82. The molecule has 1 aromatic rings. The van der Waals surface area contributed by atoms with Gasteiger partial charge in [-0.3, -0.25) is 9.59 Å². The van der Waals surface area contributed by atoms with E-state index in [1.165, 1.54) is 18.1 Å². The number of nitrogens with zero attached hydrogens (tertiary/aromatic N) is 1. The lowest BCUT2D eigenvalue weighted by molar-refractivity contribution is -0.136. The van der Waals surface area contributed by atoms with E-state index in [9.17, 15) is 9.59 Å². The van der Waals surface area contributed by atoms with Gasteiger partial charge in [-0.25, -0.2) is 0 Å². The standard InChI is InChI=1S/C19H26N2O3/c1-13(22)21-10-4-7-18(21)19(23)20-12-15-6-3-5-14-11-16(24-2)8-9-17(14)15/h8-9,11,15,18H,3-7,10,12H2,1-2H3,(H,20,23)/t15-,18-/m1/s1. The van der Waals surface area contributed by atoms with Gasteiger partial charge in [0.05, 0.1) is 7.11 Å². The molecule has 2 atom stereocenters. The smallest absolute Gasteiger partial charge is 0.242 e. The van der Waals surface area contributed by atoms with E-state index >= 15 is 0 Å². The molecular formula is C19H26N2O3. The average Bonchev–Trinajstić information content (AvgIpc) is 3.09. The second kappa shape index (κ2) is 7.24. The third-order valence-corrected chi connectivity index (χ3v) is 5.27. The molecule has 0 aromatic heterocycles. The summed E-state index contributed by atoms with van der Waals surface area (Å²) in [5.74, 6) is 1.21. The van der Waals surface area contributed by atoms with Crippen LogP contribution in [0.5, 0.6) is 5.75 Å². The van der Waals surface area contributed by atoms with Crippen LogP contribution in [0, 0.1) is 0 Å². The first kappa shape index (κ1) is 16.8. The summed E-state index contributed by atoms with van der Waals surface area (Å²) in [5.41, 5.74) is 2.64. The lowest BCUT2D eigenvalue weighted by Gasteiger charge is -2.28. The van der Waals surface area contributed by atoms with E-state index in [1.807, 2.05) is 6.07 Å². The van der Waals surface area contributed by atoms with Crippen molar-refractivity contribution in [2.45, 2.75) is 51.0 Å². The summed E-state index contributed by atoms with van der Waals surface area (Å²) < 4.78 is 5.31. The van der Waals surface area contributed by atoms with Crippen molar-refractivity contribution < 1.29 is 14.3 Å². The molecule has 1 fully saturated rings. The molecule has 1 saturated heterocycles. The number of rotatable bonds is 4. The molecule has 1 heterocycles. The Bertz CT molecular complexity index is 629. The van der Waals surface area contributed by atoms with Crippen molar-refractivity contribution in [3.63, 3.8) is 0 Å². The number of carbonyl (C=O) groups excluding carboxylic acids is 2. The topological polar surface area (TPSA) is 58.6 Å². The summed E-state index contributed by atoms with van der Waals surface area (Å²) in [6.45, 7) is 2.87. The molecule has 0 spiro atoms. The molecule has 5 heteroatoms. The minimum atomic E-state index is -0.290. The molecule has 2 amide bonds. The van der Waals surface area contributed by atoms with Gasteiger partial charge < -0.3 is 15.0 Å². The molecule has 1 N–H and O–H groups in total. The summed E-state index contributed by atoms with van der Waals surface area (Å²) in [4.78, 5) is 25.8. The monoisotopic (exact) mass is 330 g/mol. The predicted molar refractivity (Wildman–Crippen MR) is 92.1 cm³/mol. The second-order valence-electron chi connectivity index (χ2n) is 6.77. The van der Waals surface area contributed by atoms with Crippen LogP contribution in [0.2, 0.25) is 0 Å². The first-order valence-corrected chi connectivity index (χ1v) is 8.82. The Morgan fingerprint density at radius 2 is 2.12 bits per heavy atom. The van der Waals surface area contributed by atoms with Crippen molar-refractivity contribution in [2.75, 3.05) is 20.2 Å². The van der Waals surface area contributed by atoms with Gasteiger partial charge in [0.25, 0.3) is 0 Å². The fourth-order valence-electron chi connectivity index (χ4n) is 3.99. The second-order valence-corrected chi connectivity index (χ2v) is 6.77. The zero-order chi connectivity index (χ0) is 17.1. The molecule has 1 aliphatic heterocycles. The molecule has 2 aliphatic rings. The number of ether oxygens (including phenoxy) is 1. The van der Waals surface area contributed by atoms with E-state index in [1.54, 1.807) is 12.0 Å². The van der Waals surface area contributed by atoms with Crippen LogP contribution in [-0.2, 0) is 16.0 Å². The zero-order valence-corrected chi connectivity index (χ0v) is 14.5.